The van der Waals surface area contributed by atoms with Gasteiger partial charge in [0.05, 0.1) is 10.7 Å². The third-order valence-electron chi connectivity index (χ3n) is 3.88. The van der Waals surface area contributed by atoms with Crippen molar-refractivity contribution >= 4 is 42.1 Å². The number of carbonyl (C=O) groups excluding carboxylic acids is 1. The van der Waals surface area contributed by atoms with Crippen LogP contribution in [0.4, 0.5) is 0 Å². The number of amides is 1. The number of halogens is 2. The van der Waals surface area contributed by atoms with E-state index in [4.69, 9.17) is 0 Å². The molecule has 0 saturated carbocycles. The highest BCUT2D eigenvalue weighted by atomic mass is 35.5. The van der Waals surface area contributed by atoms with Crippen LogP contribution < -0.4 is 10.6 Å². The lowest BCUT2D eigenvalue weighted by Crippen LogP contribution is -2.45. The molecule has 0 bridgehead atoms. The Labute approximate surface area is 159 Å². The van der Waals surface area contributed by atoms with Crippen molar-refractivity contribution in [2.75, 3.05) is 13.1 Å². The van der Waals surface area contributed by atoms with Crippen LogP contribution >= 0.6 is 36.2 Å². The zero-order valence-electron chi connectivity index (χ0n) is 13.6. The van der Waals surface area contributed by atoms with Crippen molar-refractivity contribution in [3.8, 4) is 0 Å². The highest BCUT2D eigenvalue weighted by molar-refractivity contribution is 7.13. The molecule has 132 valence electrons. The Bertz CT molecular complexity index is 643. The third kappa shape index (κ3) is 5.45. The zero-order chi connectivity index (χ0) is 15.4. The molecule has 1 amide bonds. The molecule has 1 saturated heterocycles. The van der Waals surface area contributed by atoms with Gasteiger partial charge in [0.2, 0.25) is 0 Å². The number of hydrogen-bond donors (Lipinski definition) is 2. The molecule has 3 rings (SSSR count). The summed E-state index contributed by atoms with van der Waals surface area (Å²) in [4.78, 5) is 17.7. The Morgan fingerprint density at radius 2 is 2.08 bits per heavy atom. The standard InChI is InChI=1S/C17H21N3OS.2ClH/c1-12-16(17(21)20-14-8-5-9-18-11-14)22-15(19-12)10-13-6-3-2-4-7-13;;/h2-4,6-7,14,18H,5,8-11H2,1H3,(H,20,21);2*1H. The van der Waals surface area contributed by atoms with E-state index < -0.39 is 0 Å². The SMILES string of the molecule is Cc1nc(Cc2ccccc2)sc1C(=O)NC1CCCNC1.Cl.Cl. The Kier molecular flexibility index (Phi) is 8.70. The Balaban J connectivity index is 0.00000144. The van der Waals surface area contributed by atoms with E-state index in [0.29, 0.717) is 0 Å². The summed E-state index contributed by atoms with van der Waals surface area (Å²) in [5.74, 6) is 0.0167. The molecule has 7 heteroatoms. The molecular weight excluding hydrogens is 365 g/mol. The second-order valence-electron chi connectivity index (χ2n) is 5.70. The van der Waals surface area contributed by atoms with Gasteiger partial charge in [-0.25, -0.2) is 4.98 Å². The van der Waals surface area contributed by atoms with Gasteiger partial charge in [-0.2, -0.15) is 0 Å². The van der Waals surface area contributed by atoms with E-state index in [1.54, 1.807) is 0 Å². The first kappa shape index (κ1) is 20.9. The van der Waals surface area contributed by atoms with Gasteiger partial charge in [-0.3, -0.25) is 4.79 Å². The Hall–Kier alpha value is -1.14. The van der Waals surface area contributed by atoms with Crippen molar-refractivity contribution in [1.29, 1.82) is 0 Å². The van der Waals surface area contributed by atoms with Gasteiger partial charge in [0.25, 0.3) is 5.91 Å². The minimum atomic E-state index is 0. The Morgan fingerprint density at radius 3 is 2.75 bits per heavy atom. The molecule has 1 aliphatic rings. The van der Waals surface area contributed by atoms with E-state index in [9.17, 15) is 4.79 Å². The molecule has 0 aliphatic carbocycles. The molecule has 1 aromatic carbocycles. The van der Waals surface area contributed by atoms with Crippen LogP contribution in [-0.2, 0) is 6.42 Å². The molecular formula is C17H23Cl2N3OS. The topological polar surface area (TPSA) is 54.0 Å². The maximum atomic E-state index is 12.4. The van der Waals surface area contributed by atoms with E-state index in [0.717, 1.165) is 47.9 Å². The molecule has 1 aliphatic heterocycles. The number of nitrogens with zero attached hydrogens (tertiary/aromatic N) is 1. The van der Waals surface area contributed by atoms with Crippen molar-refractivity contribution in [3.05, 3.63) is 51.5 Å². The average Bonchev–Trinajstić information content (AvgIpc) is 2.90. The van der Waals surface area contributed by atoms with Crippen molar-refractivity contribution < 1.29 is 4.79 Å². The summed E-state index contributed by atoms with van der Waals surface area (Å²) >= 11 is 1.51. The van der Waals surface area contributed by atoms with Crippen LogP contribution in [0.15, 0.2) is 30.3 Å². The van der Waals surface area contributed by atoms with E-state index in [-0.39, 0.29) is 36.8 Å². The number of aryl methyl sites for hydroxylation is 1. The van der Waals surface area contributed by atoms with Crippen LogP contribution in [0.5, 0.6) is 0 Å². The average molecular weight is 388 g/mol. The lowest BCUT2D eigenvalue weighted by atomic mass is 10.1. The van der Waals surface area contributed by atoms with Crippen LogP contribution in [0.2, 0.25) is 0 Å². The third-order valence-corrected chi connectivity index (χ3v) is 5.03. The van der Waals surface area contributed by atoms with Gasteiger partial charge in [0.15, 0.2) is 0 Å². The fourth-order valence-corrected chi connectivity index (χ4v) is 3.74. The molecule has 1 fully saturated rings. The number of rotatable bonds is 4. The molecule has 2 heterocycles. The maximum Gasteiger partial charge on any atom is 0.263 e. The summed E-state index contributed by atoms with van der Waals surface area (Å²) in [5.41, 5.74) is 2.05. The smallest absolute Gasteiger partial charge is 0.263 e. The van der Waals surface area contributed by atoms with Gasteiger partial charge < -0.3 is 10.6 Å². The minimum absolute atomic E-state index is 0. The zero-order valence-corrected chi connectivity index (χ0v) is 16.0. The predicted molar refractivity (Wildman–Crippen MR) is 104 cm³/mol. The molecule has 0 radical (unpaired) electrons. The van der Waals surface area contributed by atoms with Gasteiger partial charge in [-0.15, -0.1) is 36.2 Å². The Morgan fingerprint density at radius 1 is 1.33 bits per heavy atom. The number of thiazole rings is 1. The largest absolute Gasteiger partial charge is 0.347 e. The molecule has 0 spiro atoms. The molecule has 1 atom stereocenters. The molecule has 4 nitrogen and oxygen atoms in total. The van der Waals surface area contributed by atoms with Crippen molar-refractivity contribution in [2.24, 2.45) is 0 Å². The van der Waals surface area contributed by atoms with E-state index in [2.05, 4.69) is 27.8 Å². The van der Waals surface area contributed by atoms with Crippen molar-refractivity contribution in [3.63, 3.8) is 0 Å². The van der Waals surface area contributed by atoms with Crippen LogP contribution in [0.25, 0.3) is 0 Å². The van der Waals surface area contributed by atoms with Gasteiger partial charge in [-0.05, 0) is 31.9 Å². The summed E-state index contributed by atoms with van der Waals surface area (Å²) in [6, 6.07) is 10.5. The van der Waals surface area contributed by atoms with E-state index in [1.807, 2.05) is 25.1 Å². The normalized spacial score (nSPS) is 16.6. The minimum Gasteiger partial charge on any atom is -0.347 e. The number of benzene rings is 1. The number of nitrogens with one attached hydrogen (secondary N) is 2. The van der Waals surface area contributed by atoms with E-state index >= 15 is 0 Å². The summed E-state index contributed by atoms with van der Waals surface area (Å²) in [7, 11) is 0. The van der Waals surface area contributed by atoms with Crippen molar-refractivity contribution in [1.82, 2.24) is 15.6 Å². The number of piperidine rings is 1. The number of hydrogen-bond acceptors (Lipinski definition) is 4. The second kappa shape index (κ2) is 9.99. The lowest BCUT2D eigenvalue weighted by Gasteiger charge is -2.23. The van der Waals surface area contributed by atoms with Gasteiger partial charge in [0.1, 0.15) is 4.88 Å². The van der Waals surface area contributed by atoms with E-state index in [1.165, 1.54) is 16.9 Å². The first-order valence-corrected chi connectivity index (χ1v) is 8.56. The number of carbonyl (C=O) groups is 1. The first-order valence-electron chi connectivity index (χ1n) is 7.74. The number of aromatic nitrogens is 1. The molecule has 2 N–H and O–H groups in total. The fourth-order valence-electron chi connectivity index (χ4n) is 2.74. The molecule has 1 unspecified atom stereocenters. The molecule has 24 heavy (non-hydrogen) atoms. The van der Waals surface area contributed by atoms with Crippen LogP contribution in [-0.4, -0.2) is 30.0 Å². The van der Waals surface area contributed by atoms with Gasteiger partial charge in [0, 0.05) is 19.0 Å². The first-order chi connectivity index (χ1) is 10.7. The predicted octanol–water partition coefficient (Wildman–Crippen LogP) is 3.37. The van der Waals surface area contributed by atoms with Gasteiger partial charge in [-0.1, -0.05) is 30.3 Å². The highest BCUT2D eigenvalue weighted by Crippen LogP contribution is 2.21. The lowest BCUT2D eigenvalue weighted by molar-refractivity contribution is 0.0934. The molecule has 1 aromatic heterocycles. The maximum absolute atomic E-state index is 12.4. The monoisotopic (exact) mass is 387 g/mol. The molecule has 2 aromatic rings. The van der Waals surface area contributed by atoms with Crippen LogP contribution in [0.1, 0.15) is 38.8 Å². The highest BCUT2D eigenvalue weighted by Gasteiger charge is 2.20. The fraction of sp³-hybridized carbons (Fsp3) is 0.412. The summed E-state index contributed by atoms with van der Waals surface area (Å²) in [6.07, 6.45) is 2.95. The summed E-state index contributed by atoms with van der Waals surface area (Å²) < 4.78 is 0. The van der Waals surface area contributed by atoms with Crippen molar-refractivity contribution in [2.45, 2.75) is 32.2 Å². The summed E-state index contributed by atoms with van der Waals surface area (Å²) in [6.45, 7) is 3.83. The summed E-state index contributed by atoms with van der Waals surface area (Å²) in [5, 5.41) is 7.44. The van der Waals surface area contributed by atoms with Gasteiger partial charge >= 0.3 is 0 Å². The second-order valence-corrected chi connectivity index (χ2v) is 6.78. The van der Waals surface area contributed by atoms with Crippen LogP contribution in [0.3, 0.4) is 0 Å². The quantitative estimate of drug-likeness (QED) is 0.845. The van der Waals surface area contributed by atoms with Crippen LogP contribution in [0, 0.1) is 6.92 Å².